The molecule has 0 atom stereocenters. The van der Waals surface area contributed by atoms with Crippen LogP contribution in [0.3, 0.4) is 0 Å². The van der Waals surface area contributed by atoms with Crippen LogP contribution in [0.15, 0.2) is 24.5 Å². The number of H-pyrrole nitrogens is 1. The quantitative estimate of drug-likeness (QED) is 0.800. The Labute approximate surface area is 89.9 Å². The number of hydrogen-bond donors (Lipinski definition) is 2. The Morgan fingerprint density at radius 2 is 2.33 bits per heavy atom. The number of rotatable bonds is 4. The first-order chi connectivity index (χ1) is 7.27. The van der Waals surface area contributed by atoms with Gasteiger partial charge in [0.05, 0.1) is 0 Å². The molecule has 2 N–H and O–H groups in total. The van der Waals surface area contributed by atoms with Gasteiger partial charge in [-0.15, -0.1) is 0 Å². The molecule has 0 amide bonds. The molecular formula is C12H17N3. The second-order valence-electron chi connectivity index (χ2n) is 4.24. The predicted molar refractivity (Wildman–Crippen MR) is 62.6 cm³/mol. The fourth-order valence-corrected chi connectivity index (χ4v) is 1.65. The van der Waals surface area contributed by atoms with E-state index >= 15 is 0 Å². The van der Waals surface area contributed by atoms with E-state index in [1.807, 2.05) is 18.5 Å². The molecule has 80 valence electrons. The van der Waals surface area contributed by atoms with E-state index in [0.29, 0.717) is 5.92 Å². The molecule has 0 unspecified atom stereocenters. The van der Waals surface area contributed by atoms with Gasteiger partial charge in [0, 0.05) is 24.3 Å². The van der Waals surface area contributed by atoms with Gasteiger partial charge in [0.25, 0.3) is 0 Å². The lowest BCUT2D eigenvalue weighted by Gasteiger charge is -2.06. The topological polar surface area (TPSA) is 40.7 Å². The zero-order chi connectivity index (χ0) is 10.7. The van der Waals surface area contributed by atoms with Crippen LogP contribution < -0.4 is 5.32 Å². The van der Waals surface area contributed by atoms with Gasteiger partial charge in [0.2, 0.25) is 0 Å². The van der Waals surface area contributed by atoms with Crippen molar-refractivity contribution in [3.8, 4) is 0 Å². The van der Waals surface area contributed by atoms with Crippen LogP contribution in [0.25, 0.3) is 11.0 Å². The molecule has 0 bridgehead atoms. The van der Waals surface area contributed by atoms with Crippen LogP contribution in [0.2, 0.25) is 0 Å². The van der Waals surface area contributed by atoms with Crippen molar-refractivity contribution in [2.45, 2.75) is 20.4 Å². The van der Waals surface area contributed by atoms with Crippen molar-refractivity contribution in [2.75, 3.05) is 6.54 Å². The minimum atomic E-state index is 0.688. The molecular weight excluding hydrogens is 186 g/mol. The number of nitrogens with one attached hydrogen (secondary N) is 2. The van der Waals surface area contributed by atoms with Gasteiger partial charge in [-0.05, 0) is 30.2 Å². The maximum atomic E-state index is 4.26. The molecule has 0 fully saturated rings. The Bertz CT molecular complexity index is 431. The number of pyridine rings is 1. The first-order valence-corrected chi connectivity index (χ1v) is 5.39. The first-order valence-electron chi connectivity index (χ1n) is 5.39. The average Bonchev–Trinajstić information content (AvgIpc) is 2.62. The summed E-state index contributed by atoms with van der Waals surface area (Å²) < 4.78 is 0. The molecule has 0 spiro atoms. The van der Waals surface area contributed by atoms with Crippen molar-refractivity contribution in [3.63, 3.8) is 0 Å². The molecule has 0 aliphatic rings. The summed E-state index contributed by atoms with van der Waals surface area (Å²) in [5.74, 6) is 0.688. The Balaban J connectivity index is 2.08. The van der Waals surface area contributed by atoms with Crippen LogP contribution in [0, 0.1) is 5.92 Å². The van der Waals surface area contributed by atoms with E-state index < -0.39 is 0 Å². The molecule has 0 saturated carbocycles. The van der Waals surface area contributed by atoms with Crippen LogP contribution in [-0.4, -0.2) is 16.5 Å². The summed E-state index contributed by atoms with van der Waals surface area (Å²) in [5, 5.41) is 4.65. The second kappa shape index (κ2) is 4.45. The lowest BCUT2D eigenvalue weighted by molar-refractivity contribution is 0.553. The monoisotopic (exact) mass is 203 g/mol. The van der Waals surface area contributed by atoms with E-state index in [4.69, 9.17) is 0 Å². The highest BCUT2D eigenvalue weighted by molar-refractivity contribution is 5.79. The van der Waals surface area contributed by atoms with Gasteiger partial charge >= 0.3 is 0 Å². The van der Waals surface area contributed by atoms with Gasteiger partial charge in [-0.25, -0.2) is 4.98 Å². The first kappa shape index (κ1) is 10.2. The molecule has 0 aromatic carbocycles. The second-order valence-corrected chi connectivity index (χ2v) is 4.24. The third-order valence-electron chi connectivity index (χ3n) is 2.40. The summed E-state index contributed by atoms with van der Waals surface area (Å²) >= 11 is 0. The van der Waals surface area contributed by atoms with Crippen molar-refractivity contribution in [2.24, 2.45) is 5.92 Å². The fraction of sp³-hybridized carbons (Fsp3) is 0.417. The van der Waals surface area contributed by atoms with Crippen LogP contribution in [0.4, 0.5) is 0 Å². The molecule has 0 radical (unpaired) electrons. The predicted octanol–water partition coefficient (Wildman–Crippen LogP) is 2.31. The number of aromatic nitrogens is 2. The van der Waals surface area contributed by atoms with Crippen molar-refractivity contribution in [1.29, 1.82) is 0 Å². The normalized spacial score (nSPS) is 11.4. The van der Waals surface area contributed by atoms with Gasteiger partial charge < -0.3 is 10.3 Å². The number of hydrogen-bond acceptors (Lipinski definition) is 2. The van der Waals surface area contributed by atoms with Crippen LogP contribution in [-0.2, 0) is 6.54 Å². The molecule has 0 aliphatic heterocycles. The average molecular weight is 203 g/mol. The third kappa shape index (κ3) is 2.36. The smallest absolute Gasteiger partial charge is 0.137 e. The number of nitrogens with zero attached hydrogens (tertiary/aromatic N) is 1. The van der Waals surface area contributed by atoms with Crippen LogP contribution in [0.1, 0.15) is 19.4 Å². The standard InChI is InChI=1S/C12H17N3/c1-9(2)6-13-7-10-8-15-12-11(10)4-3-5-14-12/h3-5,8-9,13H,6-7H2,1-2H3,(H,14,15). The SMILES string of the molecule is CC(C)CNCc1c[nH]c2ncccc12. The zero-order valence-corrected chi connectivity index (χ0v) is 9.25. The van der Waals surface area contributed by atoms with E-state index in [1.165, 1.54) is 10.9 Å². The van der Waals surface area contributed by atoms with Crippen molar-refractivity contribution in [1.82, 2.24) is 15.3 Å². The number of aromatic amines is 1. The molecule has 0 aliphatic carbocycles. The minimum absolute atomic E-state index is 0.688. The van der Waals surface area contributed by atoms with Crippen molar-refractivity contribution < 1.29 is 0 Å². The maximum Gasteiger partial charge on any atom is 0.137 e. The van der Waals surface area contributed by atoms with Gasteiger partial charge in [-0.1, -0.05) is 13.8 Å². The number of fused-ring (bicyclic) bond motifs is 1. The fourth-order valence-electron chi connectivity index (χ4n) is 1.65. The highest BCUT2D eigenvalue weighted by Gasteiger charge is 2.03. The molecule has 2 aromatic rings. The molecule has 15 heavy (non-hydrogen) atoms. The highest BCUT2D eigenvalue weighted by atomic mass is 14.9. The van der Waals surface area contributed by atoms with E-state index in [9.17, 15) is 0 Å². The Hall–Kier alpha value is -1.35. The summed E-state index contributed by atoms with van der Waals surface area (Å²) in [4.78, 5) is 7.44. The van der Waals surface area contributed by atoms with Crippen molar-refractivity contribution >= 4 is 11.0 Å². The zero-order valence-electron chi connectivity index (χ0n) is 9.25. The van der Waals surface area contributed by atoms with Crippen LogP contribution >= 0.6 is 0 Å². The van der Waals surface area contributed by atoms with E-state index in [-0.39, 0.29) is 0 Å². The Kier molecular flexibility index (Phi) is 3.02. The third-order valence-corrected chi connectivity index (χ3v) is 2.40. The Morgan fingerprint density at radius 3 is 3.13 bits per heavy atom. The van der Waals surface area contributed by atoms with E-state index in [1.54, 1.807) is 0 Å². The summed E-state index contributed by atoms with van der Waals surface area (Å²) in [5.41, 5.74) is 2.26. The summed E-state index contributed by atoms with van der Waals surface area (Å²) in [6.45, 7) is 6.38. The van der Waals surface area contributed by atoms with Crippen molar-refractivity contribution in [3.05, 3.63) is 30.1 Å². The molecule has 3 nitrogen and oxygen atoms in total. The largest absolute Gasteiger partial charge is 0.346 e. The van der Waals surface area contributed by atoms with E-state index in [0.717, 1.165) is 18.7 Å². The molecule has 2 rings (SSSR count). The summed E-state index contributed by atoms with van der Waals surface area (Å²) in [6, 6.07) is 4.08. The molecule has 2 aromatic heterocycles. The molecule has 2 heterocycles. The lowest BCUT2D eigenvalue weighted by Crippen LogP contribution is -2.18. The molecule has 3 heteroatoms. The molecule has 0 saturated heterocycles. The summed E-state index contributed by atoms with van der Waals surface area (Å²) in [6.07, 6.45) is 3.84. The van der Waals surface area contributed by atoms with E-state index in [2.05, 4.69) is 35.2 Å². The Morgan fingerprint density at radius 1 is 1.47 bits per heavy atom. The van der Waals surface area contributed by atoms with Gasteiger partial charge in [0.15, 0.2) is 0 Å². The lowest BCUT2D eigenvalue weighted by atomic mass is 10.2. The van der Waals surface area contributed by atoms with Crippen LogP contribution in [0.5, 0.6) is 0 Å². The minimum Gasteiger partial charge on any atom is -0.346 e. The van der Waals surface area contributed by atoms with Gasteiger partial charge in [-0.3, -0.25) is 0 Å². The van der Waals surface area contributed by atoms with Gasteiger partial charge in [0.1, 0.15) is 5.65 Å². The maximum absolute atomic E-state index is 4.26. The summed E-state index contributed by atoms with van der Waals surface area (Å²) in [7, 11) is 0. The van der Waals surface area contributed by atoms with Gasteiger partial charge in [-0.2, -0.15) is 0 Å². The highest BCUT2D eigenvalue weighted by Crippen LogP contribution is 2.14.